The van der Waals surface area contributed by atoms with E-state index < -0.39 is 10.9 Å². The van der Waals surface area contributed by atoms with Crippen molar-refractivity contribution >= 4 is 5.97 Å². The first kappa shape index (κ1) is 18.2. The number of ether oxygens (including phenoxy) is 1. The topological polar surface area (TPSA) is 69.4 Å². The van der Waals surface area contributed by atoms with E-state index >= 15 is 0 Å². The third kappa shape index (κ3) is 6.42. The smallest absolute Gasteiger partial charge is 0.344 e. The zero-order chi connectivity index (χ0) is 14.6. The molecule has 100 valence electrons. The van der Waals surface area contributed by atoms with Crippen molar-refractivity contribution in [3.63, 3.8) is 0 Å². The van der Waals surface area contributed by atoms with Crippen molar-refractivity contribution < 1.29 is 14.5 Å². The third-order valence-electron chi connectivity index (χ3n) is 1.61. The van der Waals surface area contributed by atoms with Crippen LogP contribution in [0.5, 0.6) is 0 Å². The van der Waals surface area contributed by atoms with E-state index in [2.05, 4.69) is 11.3 Å². The van der Waals surface area contributed by atoms with Gasteiger partial charge in [-0.2, -0.15) is 0 Å². The van der Waals surface area contributed by atoms with Crippen LogP contribution >= 0.6 is 0 Å². The molecule has 0 atom stereocenters. The molecule has 0 aliphatic rings. The summed E-state index contributed by atoms with van der Waals surface area (Å²) in [6, 6.07) is 0. The van der Waals surface area contributed by atoms with Gasteiger partial charge in [0.05, 0.1) is 12.0 Å². The first-order valence-corrected chi connectivity index (χ1v) is 5.47. The number of hydrogen-bond donors (Lipinski definition) is 0. The summed E-state index contributed by atoms with van der Waals surface area (Å²) >= 11 is 0. The summed E-state index contributed by atoms with van der Waals surface area (Å²) < 4.78 is 4.47. The normalized spacial score (nSPS) is 11.6. The maximum absolute atomic E-state index is 11.3. The van der Waals surface area contributed by atoms with Crippen LogP contribution in [-0.2, 0) is 9.53 Å². The molecule has 0 unspecified atom stereocenters. The first-order chi connectivity index (χ1) is 8.58. The predicted octanol–water partition coefficient (Wildman–Crippen LogP) is 3.03. The Kier molecular flexibility index (Phi) is 11.4. The number of hydrogen-bond acceptors (Lipinski definition) is 4. The SMILES string of the molecule is C=C\C=C(/C(=C\C=C/C)C(=O)OC)[N+](=O)[O-].CC. The van der Waals surface area contributed by atoms with Gasteiger partial charge in [-0.05, 0) is 13.0 Å². The summed E-state index contributed by atoms with van der Waals surface area (Å²) in [6.07, 6.45) is 6.88. The van der Waals surface area contributed by atoms with Gasteiger partial charge in [0.25, 0.3) is 5.70 Å². The molecule has 5 heteroatoms. The summed E-state index contributed by atoms with van der Waals surface area (Å²) in [7, 11) is 1.16. The Labute approximate surface area is 107 Å². The molecule has 0 aliphatic heterocycles. The maximum Gasteiger partial charge on any atom is 0.344 e. The van der Waals surface area contributed by atoms with Crippen LogP contribution < -0.4 is 0 Å². The van der Waals surface area contributed by atoms with Gasteiger partial charge in [-0.3, -0.25) is 10.1 Å². The lowest BCUT2D eigenvalue weighted by Gasteiger charge is -2.01. The molecular weight excluding hydrogens is 234 g/mol. The molecule has 0 rings (SSSR count). The second kappa shape index (κ2) is 11.3. The number of rotatable bonds is 5. The Balaban J connectivity index is 0. The molecule has 0 aromatic rings. The maximum atomic E-state index is 11.3. The molecule has 0 spiro atoms. The molecule has 0 aliphatic carbocycles. The second-order valence-corrected chi connectivity index (χ2v) is 2.64. The standard InChI is InChI=1S/C11H13NO4.C2H6/c1-4-6-8-9(11(13)16-3)10(7-5-2)12(14)15;1-2/h4-8H,2H2,1,3H3;1-2H3/b6-4-,9-8+,10-7+;. The van der Waals surface area contributed by atoms with Gasteiger partial charge in [-0.25, -0.2) is 4.79 Å². The monoisotopic (exact) mass is 253 g/mol. The van der Waals surface area contributed by atoms with E-state index in [1.807, 2.05) is 13.8 Å². The van der Waals surface area contributed by atoms with Crippen molar-refractivity contribution in [2.45, 2.75) is 20.8 Å². The van der Waals surface area contributed by atoms with Crippen LogP contribution in [0, 0.1) is 10.1 Å². The Morgan fingerprint density at radius 2 is 1.89 bits per heavy atom. The molecule has 0 radical (unpaired) electrons. The molecule has 5 nitrogen and oxygen atoms in total. The van der Waals surface area contributed by atoms with E-state index in [0.29, 0.717) is 0 Å². The van der Waals surface area contributed by atoms with E-state index in [1.54, 1.807) is 13.0 Å². The fourth-order valence-corrected chi connectivity index (χ4v) is 0.921. The van der Waals surface area contributed by atoms with Crippen LogP contribution in [0.2, 0.25) is 0 Å². The fraction of sp³-hybridized carbons (Fsp3) is 0.308. The predicted molar refractivity (Wildman–Crippen MR) is 71.5 cm³/mol. The highest BCUT2D eigenvalue weighted by atomic mass is 16.6. The molecule has 0 heterocycles. The largest absolute Gasteiger partial charge is 0.465 e. The molecule has 0 aromatic heterocycles. The average Bonchev–Trinajstić information content (AvgIpc) is 2.39. The molecule has 0 fully saturated rings. The van der Waals surface area contributed by atoms with Crippen LogP contribution in [-0.4, -0.2) is 18.0 Å². The minimum Gasteiger partial charge on any atom is -0.465 e. The Morgan fingerprint density at radius 1 is 1.33 bits per heavy atom. The van der Waals surface area contributed by atoms with Crippen LogP contribution in [0.25, 0.3) is 0 Å². The van der Waals surface area contributed by atoms with Crippen molar-refractivity contribution in [2.24, 2.45) is 0 Å². The van der Waals surface area contributed by atoms with Crippen molar-refractivity contribution in [1.29, 1.82) is 0 Å². The van der Waals surface area contributed by atoms with Crippen molar-refractivity contribution in [3.8, 4) is 0 Å². The quantitative estimate of drug-likeness (QED) is 0.248. The molecule has 0 bridgehead atoms. The number of nitro groups is 1. The minimum atomic E-state index is -0.761. The fourth-order valence-electron chi connectivity index (χ4n) is 0.921. The second-order valence-electron chi connectivity index (χ2n) is 2.64. The lowest BCUT2D eigenvalue weighted by Crippen LogP contribution is -2.12. The number of esters is 1. The first-order valence-electron chi connectivity index (χ1n) is 5.47. The molecule has 0 aromatic carbocycles. The highest BCUT2D eigenvalue weighted by Gasteiger charge is 2.23. The van der Waals surface area contributed by atoms with Gasteiger partial charge < -0.3 is 4.74 Å². The van der Waals surface area contributed by atoms with Gasteiger partial charge in [-0.1, -0.05) is 38.7 Å². The molecule has 0 amide bonds. The van der Waals surface area contributed by atoms with E-state index in [1.165, 1.54) is 18.2 Å². The highest BCUT2D eigenvalue weighted by molar-refractivity contribution is 5.92. The van der Waals surface area contributed by atoms with Gasteiger partial charge >= 0.3 is 5.97 Å². The third-order valence-corrected chi connectivity index (χ3v) is 1.61. The summed E-state index contributed by atoms with van der Waals surface area (Å²) in [6.45, 7) is 9.08. The van der Waals surface area contributed by atoms with E-state index in [-0.39, 0.29) is 11.3 Å². The van der Waals surface area contributed by atoms with Crippen molar-refractivity contribution in [3.05, 3.63) is 58.3 Å². The Hall–Kier alpha value is -2.17. The Morgan fingerprint density at radius 3 is 2.22 bits per heavy atom. The lowest BCUT2D eigenvalue weighted by atomic mass is 10.1. The van der Waals surface area contributed by atoms with Gasteiger partial charge in [0.15, 0.2) is 0 Å². The number of methoxy groups -OCH3 is 1. The van der Waals surface area contributed by atoms with Gasteiger partial charge in [0.1, 0.15) is 5.57 Å². The molecule has 0 N–H and O–H groups in total. The van der Waals surface area contributed by atoms with E-state index in [0.717, 1.165) is 13.2 Å². The van der Waals surface area contributed by atoms with Crippen LogP contribution in [0.15, 0.2) is 48.2 Å². The van der Waals surface area contributed by atoms with E-state index in [9.17, 15) is 14.9 Å². The van der Waals surface area contributed by atoms with Crippen molar-refractivity contribution in [2.75, 3.05) is 7.11 Å². The zero-order valence-electron chi connectivity index (χ0n) is 11.2. The summed E-state index contributed by atoms with van der Waals surface area (Å²) in [5.74, 6) is -0.761. The Bertz CT molecular complexity index is 378. The van der Waals surface area contributed by atoms with Gasteiger partial charge in [0, 0.05) is 6.08 Å². The molecular formula is C13H19NO4. The number of nitrogens with zero attached hydrogens (tertiary/aromatic N) is 1. The molecule has 18 heavy (non-hydrogen) atoms. The summed E-state index contributed by atoms with van der Waals surface area (Å²) in [5, 5.41) is 10.7. The van der Waals surface area contributed by atoms with Crippen molar-refractivity contribution in [1.82, 2.24) is 0 Å². The van der Waals surface area contributed by atoms with Gasteiger partial charge in [-0.15, -0.1) is 0 Å². The van der Waals surface area contributed by atoms with Crippen LogP contribution in [0.1, 0.15) is 20.8 Å². The van der Waals surface area contributed by atoms with Crippen LogP contribution in [0.4, 0.5) is 0 Å². The lowest BCUT2D eigenvalue weighted by molar-refractivity contribution is -0.420. The average molecular weight is 253 g/mol. The number of carbonyl (C=O) groups excluding carboxylic acids is 1. The van der Waals surface area contributed by atoms with E-state index in [4.69, 9.17) is 0 Å². The number of allylic oxidation sites excluding steroid dienone is 5. The summed E-state index contributed by atoms with van der Waals surface area (Å²) in [4.78, 5) is 21.4. The van der Waals surface area contributed by atoms with Crippen LogP contribution in [0.3, 0.4) is 0 Å². The highest BCUT2D eigenvalue weighted by Crippen LogP contribution is 2.13. The molecule has 0 saturated carbocycles. The number of carbonyl (C=O) groups is 1. The van der Waals surface area contributed by atoms with Gasteiger partial charge in [0.2, 0.25) is 0 Å². The molecule has 0 saturated heterocycles. The minimum absolute atomic E-state index is 0.120. The summed E-state index contributed by atoms with van der Waals surface area (Å²) in [5.41, 5.74) is -0.467. The zero-order valence-corrected chi connectivity index (χ0v) is 11.2.